The smallest absolute Gasteiger partial charge is 0.274 e. The molecule has 1 atom stereocenters. The lowest BCUT2D eigenvalue weighted by Crippen LogP contribution is -2.15. The Bertz CT molecular complexity index is 384. The Morgan fingerprint density at radius 2 is 2.33 bits per heavy atom. The lowest BCUT2D eigenvalue weighted by Gasteiger charge is -2.13. The van der Waals surface area contributed by atoms with E-state index in [1.165, 1.54) is 0 Å². The van der Waals surface area contributed by atoms with E-state index in [-0.39, 0.29) is 16.7 Å². The average Bonchev–Trinajstić information content (AvgIpc) is 2.70. The molecule has 0 bridgehead atoms. The summed E-state index contributed by atoms with van der Waals surface area (Å²) in [4.78, 5) is 10.6. The Morgan fingerprint density at radius 3 is 2.93 bits per heavy atom. The molecule has 1 aliphatic heterocycles. The van der Waals surface area contributed by atoms with Crippen molar-refractivity contribution in [2.45, 2.75) is 25.8 Å². The fraction of sp³-hybridized carbons (Fsp3) is 0.455. The summed E-state index contributed by atoms with van der Waals surface area (Å²) in [6, 6.07) is 5.42. The predicted octanol–water partition coefficient (Wildman–Crippen LogP) is 2.33. The van der Waals surface area contributed by atoms with Gasteiger partial charge in [-0.05, 0) is 31.9 Å². The van der Waals surface area contributed by atoms with Crippen molar-refractivity contribution in [3.63, 3.8) is 0 Å². The van der Waals surface area contributed by atoms with Crippen LogP contribution in [0.2, 0.25) is 0 Å². The molecule has 4 nitrogen and oxygen atoms in total. The van der Waals surface area contributed by atoms with Crippen LogP contribution in [-0.2, 0) is 0 Å². The average molecular weight is 206 g/mol. The van der Waals surface area contributed by atoms with Crippen molar-refractivity contribution in [2.75, 3.05) is 6.54 Å². The summed E-state index contributed by atoms with van der Waals surface area (Å²) in [6.45, 7) is 2.89. The Morgan fingerprint density at radius 1 is 1.53 bits per heavy atom. The van der Waals surface area contributed by atoms with E-state index in [4.69, 9.17) is 0 Å². The van der Waals surface area contributed by atoms with E-state index in [0.717, 1.165) is 30.5 Å². The van der Waals surface area contributed by atoms with Crippen molar-refractivity contribution in [2.24, 2.45) is 0 Å². The predicted molar refractivity (Wildman–Crippen MR) is 57.8 cm³/mol. The van der Waals surface area contributed by atoms with E-state index in [2.05, 4.69) is 5.32 Å². The van der Waals surface area contributed by atoms with Gasteiger partial charge in [0.2, 0.25) is 0 Å². The molecule has 1 aromatic rings. The quantitative estimate of drug-likeness (QED) is 0.596. The van der Waals surface area contributed by atoms with E-state index in [9.17, 15) is 10.1 Å². The number of aryl methyl sites for hydroxylation is 1. The summed E-state index contributed by atoms with van der Waals surface area (Å²) in [5.41, 5.74) is 2.11. The SMILES string of the molecule is Cc1cccc([N+](=O)[O-])c1C1CCCN1. The normalized spacial score (nSPS) is 20.5. The van der Waals surface area contributed by atoms with Crippen molar-refractivity contribution in [1.82, 2.24) is 5.32 Å². The largest absolute Gasteiger partial charge is 0.310 e. The fourth-order valence-corrected chi connectivity index (χ4v) is 2.21. The lowest BCUT2D eigenvalue weighted by atomic mass is 9.98. The molecule has 1 heterocycles. The van der Waals surface area contributed by atoms with Gasteiger partial charge >= 0.3 is 0 Å². The van der Waals surface area contributed by atoms with E-state index >= 15 is 0 Å². The van der Waals surface area contributed by atoms with E-state index < -0.39 is 0 Å². The van der Waals surface area contributed by atoms with E-state index in [1.54, 1.807) is 12.1 Å². The maximum atomic E-state index is 10.9. The van der Waals surface area contributed by atoms with Crippen LogP contribution in [0.3, 0.4) is 0 Å². The molecule has 1 fully saturated rings. The monoisotopic (exact) mass is 206 g/mol. The van der Waals surface area contributed by atoms with Crippen LogP contribution >= 0.6 is 0 Å². The molecule has 0 saturated carbocycles. The first-order valence-corrected chi connectivity index (χ1v) is 5.17. The highest BCUT2D eigenvalue weighted by Gasteiger charge is 2.25. The lowest BCUT2D eigenvalue weighted by molar-refractivity contribution is -0.385. The molecule has 1 aliphatic rings. The maximum Gasteiger partial charge on any atom is 0.274 e. The molecule has 80 valence electrons. The van der Waals surface area contributed by atoms with Gasteiger partial charge in [-0.25, -0.2) is 0 Å². The van der Waals surface area contributed by atoms with Gasteiger partial charge in [0, 0.05) is 17.7 Å². The van der Waals surface area contributed by atoms with Crippen LogP contribution in [0, 0.1) is 17.0 Å². The maximum absolute atomic E-state index is 10.9. The van der Waals surface area contributed by atoms with Crippen LogP contribution in [0.5, 0.6) is 0 Å². The second-order valence-electron chi connectivity index (χ2n) is 3.91. The Labute approximate surface area is 88.5 Å². The molecule has 0 spiro atoms. The summed E-state index contributed by atoms with van der Waals surface area (Å²) in [5, 5.41) is 14.2. The van der Waals surface area contributed by atoms with Crippen molar-refractivity contribution in [3.05, 3.63) is 39.4 Å². The van der Waals surface area contributed by atoms with Gasteiger partial charge in [-0.15, -0.1) is 0 Å². The molecule has 0 radical (unpaired) electrons. The van der Waals surface area contributed by atoms with Crippen LogP contribution in [0.15, 0.2) is 18.2 Å². The highest BCUT2D eigenvalue weighted by molar-refractivity contribution is 5.47. The molecule has 0 aromatic heterocycles. The molecule has 1 aromatic carbocycles. The third-order valence-electron chi connectivity index (χ3n) is 2.91. The third kappa shape index (κ3) is 1.85. The minimum atomic E-state index is -0.289. The molecule has 4 heteroatoms. The van der Waals surface area contributed by atoms with Crippen LogP contribution in [-0.4, -0.2) is 11.5 Å². The van der Waals surface area contributed by atoms with Crippen molar-refractivity contribution < 1.29 is 4.92 Å². The van der Waals surface area contributed by atoms with Crippen molar-refractivity contribution in [1.29, 1.82) is 0 Å². The summed E-state index contributed by atoms with van der Waals surface area (Å²) >= 11 is 0. The van der Waals surface area contributed by atoms with Gasteiger partial charge in [-0.3, -0.25) is 10.1 Å². The number of nitro benzene ring substituents is 1. The highest BCUT2D eigenvalue weighted by Crippen LogP contribution is 2.32. The zero-order valence-corrected chi connectivity index (χ0v) is 8.69. The highest BCUT2D eigenvalue weighted by atomic mass is 16.6. The standard InChI is InChI=1S/C11H14N2O2/c1-8-4-2-6-10(13(14)15)11(8)9-5-3-7-12-9/h2,4,6,9,12H,3,5,7H2,1H3. The fourth-order valence-electron chi connectivity index (χ4n) is 2.21. The van der Waals surface area contributed by atoms with E-state index in [0.29, 0.717) is 0 Å². The minimum absolute atomic E-state index is 0.159. The minimum Gasteiger partial charge on any atom is -0.310 e. The Balaban J connectivity index is 2.46. The molecule has 2 rings (SSSR count). The van der Waals surface area contributed by atoms with Crippen LogP contribution in [0.1, 0.15) is 30.0 Å². The number of hydrogen-bond donors (Lipinski definition) is 1. The Kier molecular flexibility index (Phi) is 2.68. The molecule has 0 amide bonds. The van der Waals surface area contributed by atoms with Gasteiger partial charge in [0.05, 0.1) is 4.92 Å². The van der Waals surface area contributed by atoms with Gasteiger partial charge < -0.3 is 5.32 Å². The van der Waals surface area contributed by atoms with Gasteiger partial charge in [0.1, 0.15) is 0 Å². The molecular weight excluding hydrogens is 192 g/mol. The summed E-state index contributed by atoms with van der Waals surface area (Å²) in [6.07, 6.45) is 2.09. The van der Waals surface area contributed by atoms with Gasteiger partial charge in [0.25, 0.3) is 5.69 Å². The first-order valence-electron chi connectivity index (χ1n) is 5.17. The molecule has 0 aliphatic carbocycles. The summed E-state index contributed by atoms with van der Waals surface area (Å²) in [5.74, 6) is 0. The number of nitro groups is 1. The topological polar surface area (TPSA) is 55.2 Å². The molecular formula is C11H14N2O2. The first-order chi connectivity index (χ1) is 7.20. The molecule has 15 heavy (non-hydrogen) atoms. The van der Waals surface area contributed by atoms with Crippen molar-refractivity contribution in [3.8, 4) is 0 Å². The van der Waals surface area contributed by atoms with Gasteiger partial charge in [-0.1, -0.05) is 12.1 Å². The number of rotatable bonds is 2. The van der Waals surface area contributed by atoms with Gasteiger partial charge in [0.15, 0.2) is 0 Å². The van der Waals surface area contributed by atoms with Crippen LogP contribution in [0.25, 0.3) is 0 Å². The van der Waals surface area contributed by atoms with Gasteiger partial charge in [-0.2, -0.15) is 0 Å². The molecule has 1 saturated heterocycles. The summed E-state index contributed by atoms with van der Waals surface area (Å²) in [7, 11) is 0. The first kappa shape index (κ1) is 10.1. The number of benzene rings is 1. The van der Waals surface area contributed by atoms with E-state index in [1.807, 2.05) is 13.0 Å². The zero-order chi connectivity index (χ0) is 10.8. The molecule has 1 unspecified atom stereocenters. The second kappa shape index (κ2) is 3.98. The van der Waals surface area contributed by atoms with Crippen LogP contribution in [0.4, 0.5) is 5.69 Å². The summed E-state index contributed by atoms with van der Waals surface area (Å²) < 4.78 is 0. The van der Waals surface area contributed by atoms with Crippen molar-refractivity contribution >= 4 is 5.69 Å². The number of hydrogen-bond acceptors (Lipinski definition) is 3. The molecule has 1 N–H and O–H groups in total. The number of nitrogens with one attached hydrogen (secondary N) is 1. The van der Waals surface area contributed by atoms with Crippen LogP contribution < -0.4 is 5.32 Å². The second-order valence-corrected chi connectivity index (χ2v) is 3.91. The Hall–Kier alpha value is -1.42. The zero-order valence-electron chi connectivity index (χ0n) is 8.69. The number of nitrogens with zero attached hydrogens (tertiary/aromatic N) is 1. The third-order valence-corrected chi connectivity index (χ3v) is 2.91.